The summed E-state index contributed by atoms with van der Waals surface area (Å²) in [4.78, 5) is 11.6. The van der Waals surface area contributed by atoms with Crippen molar-refractivity contribution < 1.29 is 19.0 Å². The number of aliphatic hydroxyl groups is 1. The van der Waals surface area contributed by atoms with Gasteiger partial charge in [-0.3, -0.25) is 4.79 Å². The zero-order valence-corrected chi connectivity index (χ0v) is 12.2. The van der Waals surface area contributed by atoms with Crippen LogP contribution in [-0.4, -0.2) is 37.4 Å². The Labute approximate surface area is 120 Å². The molecule has 0 aliphatic heterocycles. The van der Waals surface area contributed by atoms with Crippen LogP contribution in [0.3, 0.4) is 0 Å². The molecule has 2 N–H and O–H groups in total. The summed E-state index contributed by atoms with van der Waals surface area (Å²) in [5.41, 5.74) is 0.593. The fourth-order valence-corrected chi connectivity index (χ4v) is 1.95. The summed E-state index contributed by atoms with van der Waals surface area (Å²) in [7, 11) is 1.50. The Kier molecular flexibility index (Phi) is 6.97. The van der Waals surface area contributed by atoms with E-state index in [1.54, 1.807) is 6.07 Å². The Morgan fingerprint density at radius 3 is 3.00 bits per heavy atom. The van der Waals surface area contributed by atoms with Crippen molar-refractivity contribution in [2.24, 2.45) is 0 Å². The van der Waals surface area contributed by atoms with E-state index in [9.17, 15) is 14.3 Å². The van der Waals surface area contributed by atoms with Crippen molar-refractivity contribution in [1.82, 2.24) is 5.32 Å². The molecule has 19 heavy (non-hydrogen) atoms. The zero-order valence-electron chi connectivity index (χ0n) is 10.7. The van der Waals surface area contributed by atoms with Gasteiger partial charge >= 0.3 is 0 Å². The summed E-state index contributed by atoms with van der Waals surface area (Å²) >= 11 is 3.27. The summed E-state index contributed by atoms with van der Waals surface area (Å²) < 4.78 is 18.5. The number of benzene rings is 1. The smallest absolute Gasteiger partial charge is 0.224 e. The Hall–Kier alpha value is -0.980. The van der Waals surface area contributed by atoms with Crippen LogP contribution in [-0.2, 0) is 16.0 Å². The summed E-state index contributed by atoms with van der Waals surface area (Å²) in [5, 5.41) is 12.1. The molecule has 0 aromatic heterocycles. The third kappa shape index (κ3) is 6.13. The fraction of sp³-hybridized carbons (Fsp3) is 0.462. The van der Waals surface area contributed by atoms with Gasteiger partial charge < -0.3 is 15.2 Å². The molecule has 0 radical (unpaired) electrons. The lowest BCUT2D eigenvalue weighted by atomic mass is 10.1. The molecule has 0 aliphatic carbocycles. The van der Waals surface area contributed by atoms with Crippen LogP contribution in [0, 0.1) is 5.82 Å². The lowest BCUT2D eigenvalue weighted by Crippen LogP contribution is -2.29. The second-order valence-corrected chi connectivity index (χ2v) is 5.01. The number of hydrogen-bond acceptors (Lipinski definition) is 3. The van der Waals surface area contributed by atoms with Gasteiger partial charge in [-0.25, -0.2) is 4.39 Å². The van der Waals surface area contributed by atoms with Gasteiger partial charge in [0.1, 0.15) is 5.82 Å². The van der Waals surface area contributed by atoms with Gasteiger partial charge in [-0.2, -0.15) is 0 Å². The minimum atomic E-state index is -0.591. The molecule has 1 aromatic rings. The average Bonchev–Trinajstić information content (AvgIpc) is 2.34. The third-order valence-electron chi connectivity index (χ3n) is 2.52. The predicted octanol–water partition coefficient (Wildman–Crippen LogP) is 1.64. The van der Waals surface area contributed by atoms with Crippen LogP contribution in [0.15, 0.2) is 22.7 Å². The molecule has 0 aliphatic rings. The molecule has 0 spiro atoms. The van der Waals surface area contributed by atoms with Crippen LogP contribution >= 0.6 is 15.9 Å². The minimum absolute atomic E-state index is 0.0959. The van der Waals surface area contributed by atoms with E-state index in [0.29, 0.717) is 23.0 Å². The Morgan fingerprint density at radius 1 is 1.58 bits per heavy atom. The van der Waals surface area contributed by atoms with Gasteiger partial charge in [-0.1, -0.05) is 15.9 Å². The minimum Gasteiger partial charge on any atom is -0.391 e. The maximum Gasteiger partial charge on any atom is 0.224 e. The standard InChI is InChI=1S/C13H17BrFNO3/c1-19-8-11(17)4-5-16-13(18)7-9-6-10(15)2-3-12(9)14/h2-3,6,11,17H,4-5,7-8H2,1H3,(H,16,18). The van der Waals surface area contributed by atoms with E-state index in [2.05, 4.69) is 21.2 Å². The van der Waals surface area contributed by atoms with E-state index in [-0.39, 0.29) is 24.8 Å². The van der Waals surface area contributed by atoms with Gasteiger partial charge in [-0.05, 0) is 30.2 Å². The number of aliphatic hydroxyl groups excluding tert-OH is 1. The first-order chi connectivity index (χ1) is 9.02. The molecule has 0 fully saturated rings. The molecule has 106 valence electrons. The van der Waals surface area contributed by atoms with Gasteiger partial charge in [0.25, 0.3) is 0 Å². The van der Waals surface area contributed by atoms with E-state index >= 15 is 0 Å². The molecule has 0 bridgehead atoms. The number of hydrogen-bond donors (Lipinski definition) is 2. The first-order valence-electron chi connectivity index (χ1n) is 5.90. The van der Waals surface area contributed by atoms with Gasteiger partial charge in [0.15, 0.2) is 0 Å². The lowest BCUT2D eigenvalue weighted by Gasteiger charge is -2.10. The molecule has 1 amide bonds. The Bertz CT molecular complexity index is 428. The third-order valence-corrected chi connectivity index (χ3v) is 3.29. The zero-order chi connectivity index (χ0) is 14.3. The fourth-order valence-electron chi connectivity index (χ4n) is 1.57. The molecule has 1 unspecified atom stereocenters. The van der Waals surface area contributed by atoms with Crippen LogP contribution in [0.25, 0.3) is 0 Å². The topological polar surface area (TPSA) is 58.6 Å². The number of methoxy groups -OCH3 is 1. The van der Waals surface area contributed by atoms with E-state index in [0.717, 1.165) is 0 Å². The molecule has 1 atom stereocenters. The molecule has 4 nitrogen and oxygen atoms in total. The monoisotopic (exact) mass is 333 g/mol. The molecular formula is C13H17BrFNO3. The van der Waals surface area contributed by atoms with Crippen molar-refractivity contribution in [3.63, 3.8) is 0 Å². The number of ether oxygens (including phenoxy) is 1. The first-order valence-corrected chi connectivity index (χ1v) is 6.70. The van der Waals surface area contributed by atoms with Crippen molar-refractivity contribution in [3.8, 4) is 0 Å². The lowest BCUT2D eigenvalue weighted by molar-refractivity contribution is -0.120. The average molecular weight is 334 g/mol. The Morgan fingerprint density at radius 2 is 2.32 bits per heavy atom. The SMILES string of the molecule is COCC(O)CCNC(=O)Cc1cc(F)ccc1Br. The van der Waals surface area contributed by atoms with E-state index in [1.807, 2.05) is 0 Å². The normalized spacial score (nSPS) is 12.2. The van der Waals surface area contributed by atoms with Crippen molar-refractivity contribution in [2.75, 3.05) is 20.3 Å². The maximum atomic E-state index is 13.0. The van der Waals surface area contributed by atoms with Crippen LogP contribution in [0.1, 0.15) is 12.0 Å². The highest BCUT2D eigenvalue weighted by atomic mass is 79.9. The summed E-state index contributed by atoms with van der Waals surface area (Å²) in [6.07, 6.45) is -0.0750. The van der Waals surface area contributed by atoms with Crippen LogP contribution in [0.4, 0.5) is 4.39 Å². The number of nitrogens with one attached hydrogen (secondary N) is 1. The van der Waals surface area contributed by atoms with Crippen LogP contribution in [0.5, 0.6) is 0 Å². The van der Waals surface area contributed by atoms with Gasteiger partial charge in [-0.15, -0.1) is 0 Å². The molecule has 1 rings (SSSR count). The second-order valence-electron chi connectivity index (χ2n) is 4.16. The quantitative estimate of drug-likeness (QED) is 0.797. The number of amides is 1. The number of carbonyl (C=O) groups excluding carboxylic acids is 1. The van der Waals surface area contributed by atoms with Crippen molar-refractivity contribution in [3.05, 3.63) is 34.1 Å². The number of halogens is 2. The summed E-state index contributed by atoms with van der Waals surface area (Å²) in [6.45, 7) is 0.599. The maximum absolute atomic E-state index is 13.0. The molecule has 1 aromatic carbocycles. The van der Waals surface area contributed by atoms with Gasteiger partial charge in [0.05, 0.1) is 19.1 Å². The van der Waals surface area contributed by atoms with Crippen molar-refractivity contribution in [2.45, 2.75) is 18.9 Å². The highest BCUT2D eigenvalue weighted by Gasteiger charge is 2.09. The van der Waals surface area contributed by atoms with Gasteiger partial charge in [0.2, 0.25) is 5.91 Å². The van der Waals surface area contributed by atoms with E-state index in [1.165, 1.54) is 19.2 Å². The molecule has 0 saturated carbocycles. The van der Waals surface area contributed by atoms with E-state index in [4.69, 9.17) is 4.74 Å². The molecule has 0 heterocycles. The Balaban J connectivity index is 2.37. The summed E-state index contributed by atoms with van der Waals surface area (Å²) in [5.74, 6) is -0.586. The van der Waals surface area contributed by atoms with Gasteiger partial charge in [0, 0.05) is 18.1 Å². The number of carbonyl (C=O) groups is 1. The largest absolute Gasteiger partial charge is 0.391 e. The highest BCUT2D eigenvalue weighted by Crippen LogP contribution is 2.18. The van der Waals surface area contributed by atoms with Crippen molar-refractivity contribution >= 4 is 21.8 Å². The van der Waals surface area contributed by atoms with E-state index < -0.39 is 6.10 Å². The highest BCUT2D eigenvalue weighted by molar-refractivity contribution is 9.10. The molecule has 0 saturated heterocycles. The summed E-state index contributed by atoms with van der Waals surface area (Å²) in [6, 6.07) is 4.22. The van der Waals surface area contributed by atoms with Crippen LogP contribution < -0.4 is 5.32 Å². The predicted molar refractivity (Wildman–Crippen MR) is 73.3 cm³/mol. The van der Waals surface area contributed by atoms with Crippen molar-refractivity contribution in [1.29, 1.82) is 0 Å². The molecular weight excluding hydrogens is 317 g/mol. The first kappa shape index (κ1) is 16.1. The second kappa shape index (κ2) is 8.24. The molecule has 6 heteroatoms. The number of rotatable bonds is 7. The van der Waals surface area contributed by atoms with Crippen LogP contribution in [0.2, 0.25) is 0 Å².